The van der Waals surface area contributed by atoms with E-state index >= 15 is 0 Å². The monoisotopic (exact) mass is 320 g/mol. The highest BCUT2D eigenvalue weighted by atomic mass is 32.2. The number of rotatable bonds is 5. The van der Waals surface area contributed by atoms with Crippen LogP contribution in [-0.4, -0.2) is 41.7 Å². The van der Waals surface area contributed by atoms with Crippen LogP contribution in [0.5, 0.6) is 5.75 Å². The summed E-state index contributed by atoms with van der Waals surface area (Å²) in [6, 6.07) is 7.52. The number of thioether (sulfide) groups is 1. The molecule has 22 heavy (non-hydrogen) atoms. The average Bonchev–Trinajstić information content (AvgIpc) is 3.26. The molecule has 2 atom stereocenters. The van der Waals surface area contributed by atoms with Crippen LogP contribution in [0, 0.1) is 0 Å². The molecule has 6 heteroatoms. The second-order valence-corrected chi connectivity index (χ2v) is 6.76. The Kier molecular flexibility index (Phi) is 4.29. The maximum Gasteiger partial charge on any atom is 0.242 e. The molecule has 2 fully saturated rings. The number of nitrogens with one attached hydrogen (secondary N) is 1. The highest BCUT2D eigenvalue weighted by Crippen LogP contribution is 2.40. The lowest BCUT2D eigenvalue weighted by atomic mass is 10.1. The number of hydrogen-bond donors (Lipinski definition) is 1. The minimum atomic E-state index is -0.449. The van der Waals surface area contributed by atoms with E-state index in [0.29, 0.717) is 11.8 Å². The van der Waals surface area contributed by atoms with Crippen molar-refractivity contribution in [3.63, 3.8) is 0 Å². The van der Waals surface area contributed by atoms with E-state index < -0.39 is 6.04 Å². The Morgan fingerprint density at radius 1 is 1.36 bits per heavy atom. The maximum absolute atomic E-state index is 12.3. The summed E-state index contributed by atoms with van der Waals surface area (Å²) in [5.74, 6) is 1.16. The van der Waals surface area contributed by atoms with Crippen molar-refractivity contribution in [1.29, 1.82) is 0 Å². The third-order valence-electron chi connectivity index (χ3n) is 4.03. The van der Waals surface area contributed by atoms with Gasteiger partial charge in [0.05, 0.1) is 12.9 Å². The van der Waals surface area contributed by atoms with Crippen molar-refractivity contribution in [3.05, 3.63) is 29.8 Å². The largest absolute Gasteiger partial charge is 0.497 e. The van der Waals surface area contributed by atoms with Crippen LogP contribution < -0.4 is 10.1 Å². The van der Waals surface area contributed by atoms with Crippen molar-refractivity contribution in [1.82, 2.24) is 10.2 Å². The Balaban J connectivity index is 1.76. The third-order valence-corrected chi connectivity index (χ3v) is 5.26. The number of nitrogens with zero attached hydrogens (tertiary/aromatic N) is 1. The van der Waals surface area contributed by atoms with Gasteiger partial charge in [-0.15, -0.1) is 11.8 Å². The van der Waals surface area contributed by atoms with Crippen LogP contribution in [-0.2, 0) is 9.59 Å². The fraction of sp³-hybridized carbons (Fsp3) is 0.500. The van der Waals surface area contributed by atoms with Crippen molar-refractivity contribution in [2.24, 2.45) is 0 Å². The molecule has 2 amide bonds. The first-order chi connectivity index (χ1) is 10.6. The van der Waals surface area contributed by atoms with Gasteiger partial charge in [0.1, 0.15) is 17.2 Å². The van der Waals surface area contributed by atoms with Crippen molar-refractivity contribution >= 4 is 23.6 Å². The van der Waals surface area contributed by atoms with Crippen LogP contribution in [0.2, 0.25) is 0 Å². The molecule has 1 aromatic carbocycles. The smallest absolute Gasteiger partial charge is 0.242 e. The zero-order valence-electron chi connectivity index (χ0n) is 12.7. The van der Waals surface area contributed by atoms with E-state index in [0.717, 1.165) is 24.2 Å². The lowest BCUT2D eigenvalue weighted by Gasteiger charge is -2.29. The highest BCUT2D eigenvalue weighted by Gasteiger charge is 2.39. The molecule has 0 bridgehead atoms. The molecule has 1 aliphatic heterocycles. The molecule has 1 saturated heterocycles. The fourth-order valence-electron chi connectivity index (χ4n) is 2.56. The predicted octanol–water partition coefficient (Wildman–Crippen LogP) is 1.94. The lowest BCUT2D eigenvalue weighted by molar-refractivity contribution is -0.137. The summed E-state index contributed by atoms with van der Waals surface area (Å²) in [6.07, 6.45) is 2.09. The van der Waals surface area contributed by atoms with Gasteiger partial charge in [0, 0.05) is 6.04 Å². The number of methoxy groups -OCH3 is 1. The van der Waals surface area contributed by atoms with Crippen LogP contribution in [0.3, 0.4) is 0 Å². The summed E-state index contributed by atoms with van der Waals surface area (Å²) >= 11 is 1.56. The van der Waals surface area contributed by atoms with Gasteiger partial charge in [-0.25, -0.2) is 0 Å². The van der Waals surface area contributed by atoms with Gasteiger partial charge < -0.3 is 15.0 Å². The predicted molar refractivity (Wildman–Crippen MR) is 85.7 cm³/mol. The quantitative estimate of drug-likeness (QED) is 0.901. The van der Waals surface area contributed by atoms with Gasteiger partial charge >= 0.3 is 0 Å². The molecule has 0 radical (unpaired) electrons. The lowest BCUT2D eigenvalue weighted by Crippen LogP contribution is -2.47. The number of benzene rings is 1. The number of hydrogen-bond acceptors (Lipinski definition) is 4. The zero-order valence-corrected chi connectivity index (χ0v) is 13.6. The van der Waals surface area contributed by atoms with Gasteiger partial charge in [0.25, 0.3) is 0 Å². The Morgan fingerprint density at radius 3 is 2.64 bits per heavy atom. The average molecular weight is 320 g/mol. The number of carbonyl (C=O) groups excluding carboxylic acids is 2. The molecule has 1 heterocycles. The van der Waals surface area contributed by atoms with Gasteiger partial charge in [0.2, 0.25) is 11.8 Å². The Hall–Kier alpha value is -1.69. The molecular formula is C16H20N2O3S. The van der Waals surface area contributed by atoms with Gasteiger partial charge in [-0.1, -0.05) is 12.1 Å². The molecule has 118 valence electrons. The first kappa shape index (κ1) is 15.2. The van der Waals surface area contributed by atoms with Gasteiger partial charge in [-0.05, 0) is 37.5 Å². The van der Waals surface area contributed by atoms with E-state index in [1.807, 2.05) is 24.3 Å². The first-order valence-electron chi connectivity index (χ1n) is 7.47. The molecule has 2 aliphatic rings. The minimum Gasteiger partial charge on any atom is -0.497 e. The summed E-state index contributed by atoms with van der Waals surface area (Å²) in [5.41, 5.74) is 1.02. The van der Waals surface area contributed by atoms with Crippen molar-refractivity contribution in [3.8, 4) is 5.75 Å². The first-order valence-corrected chi connectivity index (χ1v) is 8.52. The summed E-state index contributed by atoms with van der Waals surface area (Å²) in [7, 11) is 1.62. The molecule has 1 N–H and O–H groups in total. The molecule has 5 nitrogen and oxygen atoms in total. The maximum atomic E-state index is 12.3. The summed E-state index contributed by atoms with van der Waals surface area (Å²) in [6.45, 7) is 1.80. The second-order valence-electron chi connectivity index (χ2n) is 5.70. The minimum absolute atomic E-state index is 0.0178. The van der Waals surface area contributed by atoms with E-state index in [1.165, 1.54) is 0 Å². The van der Waals surface area contributed by atoms with Crippen molar-refractivity contribution in [2.45, 2.75) is 37.2 Å². The molecule has 1 aliphatic carbocycles. The Morgan fingerprint density at radius 2 is 2.05 bits per heavy atom. The van der Waals surface area contributed by atoms with Crippen LogP contribution in [0.1, 0.15) is 30.7 Å². The van der Waals surface area contributed by atoms with E-state index in [9.17, 15) is 9.59 Å². The molecule has 1 saturated carbocycles. The summed E-state index contributed by atoms with van der Waals surface area (Å²) in [5, 5.41) is 2.87. The van der Waals surface area contributed by atoms with Crippen LogP contribution >= 0.6 is 11.8 Å². The van der Waals surface area contributed by atoms with Crippen LogP contribution in [0.25, 0.3) is 0 Å². The normalized spacial score (nSPS) is 22.5. The van der Waals surface area contributed by atoms with Gasteiger partial charge in [-0.3, -0.25) is 9.59 Å². The number of amides is 2. The van der Waals surface area contributed by atoms with E-state index in [-0.39, 0.29) is 17.2 Å². The van der Waals surface area contributed by atoms with Gasteiger partial charge in [0.15, 0.2) is 0 Å². The Labute approximate surface area is 134 Å². The van der Waals surface area contributed by atoms with E-state index in [1.54, 1.807) is 30.7 Å². The zero-order chi connectivity index (χ0) is 15.7. The SMILES string of the molecule is COc1ccc(C2SCC(=O)N2C(C)C(=O)NC2CC2)cc1. The van der Waals surface area contributed by atoms with E-state index in [2.05, 4.69) is 5.32 Å². The molecule has 0 aromatic heterocycles. The summed E-state index contributed by atoms with van der Waals surface area (Å²) in [4.78, 5) is 26.2. The Bertz CT molecular complexity index is 571. The second kappa shape index (κ2) is 6.20. The molecule has 1 aromatic rings. The molecule has 3 rings (SSSR count). The van der Waals surface area contributed by atoms with Crippen LogP contribution in [0.4, 0.5) is 0 Å². The number of carbonyl (C=O) groups is 2. The number of ether oxygens (including phenoxy) is 1. The molecule has 0 spiro atoms. The van der Waals surface area contributed by atoms with Crippen LogP contribution in [0.15, 0.2) is 24.3 Å². The van der Waals surface area contributed by atoms with Gasteiger partial charge in [-0.2, -0.15) is 0 Å². The summed E-state index contributed by atoms with van der Waals surface area (Å²) < 4.78 is 5.16. The molecule has 2 unspecified atom stereocenters. The third kappa shape index (κ3) is 3.06. The molecular weight excluding hydrogens is 300 g/mol. The van der Waals surface area contributed by atoms with Crippen molar-refractivity contribution < 1.29 is 14.3 Å². The van der Waals surface area contributed by atoms with E-state index in [4.69, 9.17) is 4.74 Å². The standard InChI is InChI=1S/C16H20N2O3S/c1-10(15(20)17-12-5-6-12)18-14(19)9-22-16(18)11-3-7-13(21-2)8-4-11/h3-4,7-8,10,12,16H,5-6,9H2,1-2H3,(H,17,20). The fourth-order valence-corrected chi connectivity index (χ4v) is 3.82. The van der Waals surface area contributed by atoms with Crippen molar-refractivity contribution in [2.75, 3.05) is 12.9 Å². The topological polar surface area (TPSA) is 58.6 Å². The highest BCUT2D eigenvalue weighted by molar-refractivity contribution is 8.00.